The number of aromatic nitrogens is 2. The second-order valence-electron chi connectivity index (χ2n) is 6.41. The van der Waals surface area contributed by atoms with Gasteiger partial charge in [-0.15, -0.1) is 0 Å². The summed E-state index contributed by atoms with van der Waals surface area (Å²) in [5, 5.41) is 0. The van der Waals surface area contributed by atoms with Crippen LogP contribution in [0.25, 0.3) is 11.0 Å². The van der Waals surface area contributed by atoms with Crippen molar-refractivity contribution >= 4 is 23.6 Å². The highest BCUT2D eigenvalue weighted by Crippen LogP contribution is 2.36. The molecule has 2 aromatic rings. The van der Waals surface area contributed by atoms with Crippen LogP contribution in [0.1, 0.15) is 27.7 Å². The first-order chi connectivity index (χ1) is 10.1. The number of benzene rings is 1. The maximum absolute atomic E-state index is 13.8. The molecule has 6 nitrogen and oxygen atoms in total. The molecule has 0 unspecified atom stereocenters. The third-order valence-corrected chi connectivity index (χ3v) is 4.33. The van der Waals surface area contributed by atoms with Crippen LogP contribution in [0.15, 0.2) is 21.7 Å². The number of halogens is 1. The third-order valence-electron chi connectivity index (χ3n) is 4.33. The van der Waals surface area contributed by atoms with Gasteiger partial charge in [0.05, 0.1) is 22.2 Å². The normalized spacial score (nSPS) is 19.8. The Balaban J connectivity index is 2.22. The van der Waals surface area contributed by atoms with E-state index in [4.69, 9.17) is 9.31 Å². The highest BCUT2D eigenvalue weighted by atomic mass is 19.1. The summed E-state index contributed by atoms with van der Waals surface area (Å²) < 4.78 is 25.6. The molecule has 0 spiro atoms. The molecule has 0 saturated carbocycles. The summed E-state index contributed by atoms with van der Waals surface area (Å²) in [4.78, 5) is 27.8. The second-order valence-corrected chi connectivity index (χ2v) is 6.41. The highest BCUT2D eigenvalue weighted by Gasteiger charge is 2.52. The largest absolute Gasteiger partial charge is 0.497 e. The van der Waals surface area contributed by atoms with E-state index in [1.54, 1.807) is 0 Å². The van der Waals surface area contributed by atoms with E-state index in [2.05, 4.69) is 9.97 Å². The van der Waals surface area contributed by atoms with Crippen molar-refractivity contribution in [2.24, 2.45) is 0 Å². The van der Waals surface area contributed by atoms with Gasteiger partial charge in [-0.1, -0.05) is 0 Å². The van der Waals surface area contributed by atoms with Crippen LogP contribution in [0, 0.1) is 5.82 Å². The summed E-state index contributed by atoms with van der Waals surface area (Å²) in [6, 6.07) is 2.38. The lowest BCUT2D eigenvalue weighted by atomic mass is 9.78. The minimum atomic E-state index is -0.843. The Hall–Kier alpha value is -1.93. The Bertz CT molecular complexity index is 855. The molecule has 0 aliphatic carbocycles. The Labute approximate surface area is 125 Å². The van der Waals surface area contributed by atoms with Gasteiger partial charge in [-0.05, 0) is 39.8 Å². The smallest absolute Gasteiger partial charge is 0.399 e. The van der Waals surface area contributed by atoms with E-state index in [0.29, 0.717) is 11.0 Å². The summed E-state index contributed by atoms with van der Waals surface area (Å²) in [5.74, 6) is -0.556. The van der Waals surface area contributed by atoms with Crippen molar-refractivity contribution in [3.8, 4) is 0 Å². The first-order valence-corrected chi connectivity index (χ1v) is 6.92. The fraction of sp³-hybridized carbons (Fsp3) is 0.429. The predicted molar refractivity (Wildman–Crippen MR) is 80.9 cm³/mol. The van der Waals surface area contributed by atoms with Gasteiger partial charge in [-0.2, -0.15) is 0 Å². The van der Waals surface area contributed by atoms with E-state index in [9.17, 15) is 14.0 Å². The molecule has 116 valence electrons. The van der Waals surface area contributed by atoms with Gasteiger partial charge in [0.1, 0.15) is 5.82 Å². The van der Waals surface area contributed by atoms with Crippen molar-refractivity contribution < 1.29 is 13.7 Å². The minimum Gasteiger partial charge on any atom is -0.399 e. The second kappa shape index (κ2) is 4.53. The van der Waals surface area contributed by atoms with E-state index in [0.717, 1.165) is 6.07 Å². The van der Waals surface area contributed by atoms with Gasteiger partial charge in [-0.25, -0.2) is 4.39 Å². The number of aromatic amines is 2. The molecule has 8 heteroatoms. The topological polar surface area (TPSA) is 84.2 Å². The molecule has 1 aliphatic rings. The quantitative estimate of drug-likeness (QED) is 0.598. The van der Waals surface area contributed by atoms with Crippen LogP contribution in [0.4, 0.5) is 4.39 Å². The lowest BCUT2D eigenvalue weighted by Crippen LogP contribution is -2.41. The van der Waals surface area contributed by atoms with Crippen LogP contribution in [0.2, 0.25) is 0 Å². The van der Waals surface area contributed by atoms with Crippen molar-refractivity contribution in [1.82, 2.24) is 9.97 Å². The lowest BCUT2D eigenvalue weighted by Gasteiger charge is -2.32. The molecule has 1 aliphatic heterocycles. The number of H-pyrrole nitrogens is 2. The van der Waals surface area contributed by atoms with Crippen LogP contribution < -0.4 is 16.6 Å². The average Bonchev–Trinajstić information content (AvgIpc) is 2.59. The molecule has 1 saturated heterocycles. The number of rotatable bonds is 1. The molecule has 0 amide bonds. The molecule has 0 radical (unpaired) electrons. The van der Waals surface area contributed by atoms with E-state index in [1.807, 2.05) is 27.7 Å². The molecule has 3 rings (SSSR count). The predicted octanol–water partition coefficient (Wildman–Crippen LogP) is 0.655. The van der Waals surface area contributed by atoms with Gasteiger partial charge in [0.25, 0.3) is 0 Å². The third kappa shape index (κ3) is 2.19. The summed E-state index contributed by atoms with van der Waals surface area (Å²) in [5.41, 5.74) is -2.02. The van der Waals surface area contributed by atoms with Crippen LogP contribution >= 0.6 is 0 Å². The average molecular weight is 306 g/mol. The van der Waals surface area contributed by atoms with Gasteiger partial charge in [-0.3, -0.25) is 9.59 Å². The SMILES string of the molecule is CC1(C)OB(c2cc(F)cc3[nH]c(=O)c(=O)[nH]c23)OC1(C)C. The Kier molecular flexibility index (Phi) is 3.09. The maximum Gasteiger partial charge on any atom is 0.497 e. The van der Waals surface area contributed by atoms with Crippen molar-refractivity contribution in [2.45, 2.75) is 38.9 Å². The summed E-state index contributed by atoms with van der Waals surface area (Å²) >= 11 is 0. The monoisotopic (exact) mass is 306 g/mol. The van der Waals surface area contributed by atoms with E-state index in [-0.39, 0.29) is 5.52 Å². The van der Waals surface area contributed by atoms with Gasteiger partial charge in [0.15, 0.2) is 0 Å². The molecule has 2 N–H and O–H groups in total. The molecular formula is C14H16BFN2O4. The molecule has 1 aromatic heterocycles. The van der Waals surface area contributed by atoms with E-state index in [1.165, 1.54) is 6.07 Å². The molecule has 22 heavy (non-hydrogen) atoms. The highest BCUT2D eigenvalue weighted by molar-refractivity contribution is 6.64. The van der Waals surface area contributed by atoms with Gasteiger partial charge in [0.2, 0.25) is 0 Å². The lowest BCUT2D eigenvalue weighted by molar-refractivity contribution is 0.00578. The zero-order valence-electron chi connectivity index (χ0n) is 12.7. The van der Waals surface area contributed by atoms with Crippen molar-refractivity contribution in [3.63, 3.8) is 0 Å². The zero-order chi connectivity index (χ0) is 16.3. The fourth-order valence-electron chi connectivity index (χ4n) is 2.37. The summed E-state index contributed by atoms with van der Waals surface area (Å²) in [6.45, 7) is 7.50. The molecule has 2 heterocycles. The summed E-state index contributed by atoms with van der Waals surface area (Å²) in [6.07, 6.45) is 0. The van der Waals surface area contributed by atoms with Crippen LogP contribution in [0.5, 0.6) is 0 Å². The molecule has 0 bridgehead atoms. The standard InChI is InChI=1S/C14H16BFN2O4/c1-13(2)14(3,4)22-15(21-13)8-5-7(16)6-9-10(8)18-12(20)11(19)17-9/h5-6H,1-4H3,(H,17,19)(H,18,20). The zero-order valence-corrected chi connectivity index (χ0v) is 12.7. The Morgan fingerprint density at radius 1 is 1.00 bits per heavy atom. The maximum atomic E-state index is 13.8. The van der Waals surface area contributed by atoms with Gasteiger partial charge < -0.3 is 19.3 Å². The Morgan fingerprint density at radius 3 is 2.14 bits per heavy atom. The van der Waals surface area contributed by atoms with Crippen molar-refractivity contribution in [2.75, 3.05) is 0 Å². The first-order valence-electron chi connectivity index (χ1n) is 6.92. The van der Waals surface area contributed by atoms with Crippen LogP contribution in [-0.2, 0) is 9.31 Å². The van der Waals surface area contributed by atoms with E-state index < -0.39 is 35.3 Å². The fourth-order valence-corrected chi connectivity index (χ4v) is 2.37. The number of hydrogen-bond acceptors (Lipinski definition) is 4. The molecule has 1 aromatic carbocycles. The van der Waals surface area contributed by atoms with Gasteiger partial charge >= 0.3 is 18.2 Å². The number of nitrogens with one attached hydrogen (secondary N) is 2. The molecule has 0 atom stereocenters. The molecular weight excluding hydrogens is 290 g/mol. The summed E-state index contributed by atoms with van der Waals surface area (Å²) in [7, 11) is -0.843. The van der Waals surface area contributed by atoms with Crippen molar-refractivity contribution in [3.05, 3.63) is 38.7 Å². The van der Waals surface area contributed by atoms with Crippen molar-refractivity contribution in [1.29, 1.82) is 0 Å². The van der Waals surface area contributed by atoms with Crippen LogP contribution in [-0.4, -0.2) is 28.3 Å². The minimum absolute atomic E-state index is 0.189. The van der Waals surface area contributed by atoms with Gasteiger partial charge in [0, 0.05) is 5.46 Å². The number of hydrogen-bond donors (Lipinski definition) is 2. The van der Waals surface area contributed by atoms with E-state index >= 15 is 0 Å². The molecule has 1 fully saturated rings. The van der Waals surface area contributed by atoms with Crippen LogP contribution in [0.3, 0.4) is 0 Å². The first kappa shape index (κ1) is 15.0. The Morgan fingerprint density at radius 2 is 1.55 bits per heavy atom. The number of fused-ring (bicyclic) bond motifs is 1.